The second-order valence-corrected chi connectivity index (χ2v) is 17.8. The highest BCUT2D eigenvalue weighted by atomic mass is 28.4. The molecule has 4 aromatic rings. The fraction of sp³-hybridized carbons (Fsp3) is 0.366. The van der Waals surface area contributed by atoms with Crippen LogP contribution < -0.4 is 15.1 Å². The maximum Gasteiger partial charge on any atom is 0.305 e. The quantitative estimate of drug-likeness (QED) is 0.116. The fourth-order valence-corrected chi connectivity index (χ4v) is 11.3. The van der Waals surface area contributed by atoms with Crippen molar-refractivity contribution in [2.45, 2.75) is 83.6 Å². The van der Waals surface area contributed by atoms with Crippen LogP contribution in [0, 0.1) is 0 Å². The molecule has 51 heavy (non-hydrogen) atoms. The number of hydrogen-bond donors (Lipinski definition) is 0. The maximum absolute atomic E-state index is 12.6. The summed E-state index contributed by atoms with van der Waals surface area (Å²) in [5, 5.41) is 1.70. The lowest BCUT2D eigenvalue weighted by molar-refractivity contribution is -0.308. The van der Waals surface area contributed by atoms with Crippen LogP contribution in [0.5, 0.6) is 5.75 Å². The van der Waals surface area contributed by atoms with E-state index in [1.165, 1.54) is 13.8 Å². The number of carbonyl (C=O) groups excluding carboxylic acids is 2. The third kappa shape index (κ3) is 9.32. The summed E-state index contributed by atoms with van der Waals surface area (Å²) in [5.41, 5.74) is 1.80. The van der Waals surface area contributed by atoms with Crippen LogP contribution in [-0.4, -0.2) is 64.7 Å². The molecule has 0 N–H and O–H groups in total. The molecule has 0 saturated carbocycles. The van der Waals surface area contributed by atoms with Crippen molar-refractivity contribution in [2.75, 3.05) is 13.7 Å². The second kappa shape index (κ2) is 17.3. The van der Waals surface area contributed by atoms with Gasteiger partial charge >= 0.3 is 11.9 Å². The maximum atomic E-state index is 12.6. The molecule has 1 fully saturated rings. The van der Waals surface area contributed by atoms with E-state index >= 15 is 0 Å². The van der Waals surface area contributed by atoms with Gasteiger partial charge in [-0.05, 0) is 38.7 Å². The molecule has 0 aromatic heterocycles. The summed E-state index contributed by atoms with van der Waals surface area (Å²) in [7, 11) is -1.63. The smallest absolute Gasteiger partial charge is 0.305 e. The average Bonchev–Trinajstić information content (AvgIpc) is 3.12. The van der Waals surface area contributed by atoms with Gasteiger partial charge < -0.3 is 32.8 Å². The molecule has 0 radical (unpaired) electrons. The van der Waals surface area contributed by atoms with Crippen LogP contribution in [-0.2, 0) is 50.9 Å². The first-order chi connectivity index (χ1) is 24.5. The topological polar surface area (TPSA) is 98.8 Å². The summed E-state index contributed by atoms with van der Waals surface area (Å²) >= 11 is 0. The Morgan fingerprint density at radius 2 is 1.18 bits per heavy atom. The number of hydrogen-bond acceptors (Lipinski definition) is 9. The zero-order valence-electron chi connectivity index (χ0n) is 30.2. The molecule has 0 unspecified atom stereocenters. The number of methoxy groups -OCH3 is 1. The molecule has 1 aliphatic rings. The molecule has 1 aliphatic heterocycles. The summed E-state index contributed by atoms with van der Waals surface area (Å²) in [4.78, 5) is 24.8. The van der Waals surface area contributed by atoms with Crippen molar-refractivity contribution >= 4 is 30.6 Å². The molecule has 4 aromatic carbocycles. The fourth-order valence-electron chi connectivity index (χ4n) is 6.55. The van der Waals surface area contributed by atoms with E-state index in [4.69, 9.17) is 32.8 Å². The predicted molar refractivity (Wildman–Crippen MR) is 196 cm³/mol. The van der Waals surface area contributed by atoms with Crippen LogP contribution in [0.4, 0.5) is 0 Å². The Morgan fingerprint density at radius 1 is 0.667 bits per heavy atom. The Kier molecular flexibility index (Phi) is 12.8. The number of rotatable bonds is 14. The van der Waals surface area contributed by atoms with Crippen molar-refractivity contribution in [1.82, 2.24) is 0 Å². The SMILES string of the molecule is COc1ccc(CO[C@@H]2[C@@H](OC(C)=O)O[C@@H](COC(C)=O)[C@H](O[Si](c3ccccc3)(c3ccccc3)C(C)(C)C)[C@H]2OCc2ccccc2)cc1. The van der Waals surface area contributed by atoms with Crippen LogP contribution >= 0.6 is 0 Å². The van der Waals surface area contributed by atoms with E-state index in [9.17, 15) is 9.59 Å². The highest BCUT2D eigenvalue weighted by Crippen LogP contribution is 2.41. The molecule has 5 atom stereocenters. The van der Waals surface area contributed by atoms with Crippen LogP contribution in [0.15, 0.2) is 115 Å². The molecule has 0 spiro atoms. The normalized spacial score (nSPS) is 20.7. The van der Waals surface area contributed by atoms with Crippen molar-refractivity contribution < 1.29 is 42.4 Å². The highest BCUT2D eigenvalue weighted by molar-refractivity contribution is 6.99. The summed E-state index contributed by atoms with van der Waals surface area (Å²) in [6.45, 7) is 9.41. The van der Waals surface area contributed by atoms with Gasteiger partial charge in [0.1, 0.15) is 36.8 Å². The first-order valence-electron chi connectivity index (χ1n) is 17.2. The number of ether oxygens (including phenoxy) is 6. The van der Waals surface area contributed by atoms with Gasteiger partial charge in [0.25, 0.3) is 8.32 Å². The van der Waals surface area contributed by atoms with E-state index in [0.29, 0.717) is 5.75 Å². The molecule has 1 saturated heterocycles. The van der Waals surface area contributed by atoms with Crippen LogP contribution in [0.3, 0.4) is 0 Å². The van der Waals surface area contributed by atoms with Crippen molar-refractivity contribution in [1.29, 1.82) is 0 Å². The molecule has 0 amide bonds. The average molecular weight is 713 g/mol. The van der Waals surface area contributed by atoms with Crippen LogP contribution in [0.25, 0.3) is 0 Å². The lowest BCUT2D eigenvalue weighted by Crippen LogP contribution is -2.72. The molecule has 1 heterocycles. The minimum absolute atomic E-state index is 0.154. The van der Waals surface area contributed by atoms with Crippen LogP contribution in [0.1, 0.15) is 45.7 Å². The summed E-state index contributed by atoms with van der Waals surface area (Å²) in [6, 6.07) is 37.8. The Bertz CT molecular complexity index is 1640. The zero-order chi connectivity index (χ0) is 36.4. The van der Waals surface area contributed by atoms with Crippen LogP contribution in [0.2, 0.25) is 5.04 Å². The van der Waals surface area contributed by atoms with Gasteiger partial charge in [0.05, 0.1) is 20.3 Å². The van der Waals surface area contributed by atoms with E-state index in [1.54, 1.807) is 7.11 Å². The third-order valence-electron chi connectivity index (χ3n) is 8.94. The standard InChI is InChI=1S/C41H48O9Si/c1-29(42)45-28-36-37(50-51(41(3,4)5,34-18-12-8-13-19-34)35-20-14-9-15-21-35)38(46-26-31-16-10-7-11-17-31)39(40(49-36)48-30(2)43)47-27-32-22-24-33(44-6)25-23-32/h7-25,36-40H,26-28H2,1-6H3/t36-,37-,38+,39-,40-/m0/s1. The minimum Gasteiger partial charge on any atom is -0.497 e. The summed E-state index contributed by atoms with van der Waals surface area (Å²) in [6.07, 6.45) is -4.70. The Hall–Kier alpha value is -4.32. The van der Waals surface area contributed by atoms with Crippen molar-refractivity contribution in [3.8, 4) is 5.75 Å². The van der Waals surface area contributed by atoms with Crippen molar-refractivity contribution in [3.63, 3.8) is 0 Å². The molecule has 5 rings (SSSR count). The van der Waals surface area contributed by atoms with E-state index in [-0.39, 0.29) is 19.8 Å². The Balaban J connectivity index is 1.66. The van der Waals surface area contributed by atoms with Gasteiger partial charge in [-0.3, -0.25) is 9.59 Å². The largest absolute Gasteiger partial charge is 0.497 e. The summed E-state index contributed by atoms with van der Waals surface area (Å²) in [5.74, 6) is -0.322. The second-order valence-electron chi connectivity index (χ2n) is 13.6. The number of esters is 2. The van der Waals surface area contributed by atoms with Crippen molar-refractivity contribution in [3.05, 3.63) is 126 Å². The molecule has 9 nitrogen and oxygen atoms in total. The molecular weight excluding hydrogens is 665 g/mol. The van der Waals surface area contributed by atoms with Gasteiger partial charge in [0.2, 0.25) is 6.29 Å². The van der Waals surface area contributed by atoms with Gasteiger partial charge in [-0.25, -0.2) is 0 Å². The highest BCUT2D eigenvalue weighted by Gasteiger charge is 2.57. The van der Waals surface area contributed by atoms with Crippen molar-refractivity contribution in [2.24, 2.45) is 0 Å². The molecular formula is C41H48O9Si. The van der Waals surface area contributed by atoms with Gasteiger partial charge in [-0.15, -0.1) is 0 Å². The molecule has 0 bridgehead atoms. The molecule has 10 heteroatoms. The monoisotopic (exact) mass is 712 g/mol. The third-order valence-corrected chi connectivity index (χ3v) is 14.0. The zero-order valence-corrected chi connectivity index (χ0v) is 31.2. The molecule has 0 aliphatic carbocycles. The van der Waals surface area contributed by atoms with Gasteiger partial charge in [0, 0.05) is 13.8 Å². The van der Waals surface area contributed by atoms with E-state index in [0.717, 1.165) is 21.5 Å². The number of carbonyl (C=O) groups is 2. The number of benzene rings is 4. The molecule has 270 valence electrons. The van der Waals surface area contributed by atoms with Gasteiger partial charge in [0.15, 0.2) is 0 Å². The van der Waals surface area contributed by atoms with Gasteiger partial charge in [-0.1, -0.05) is 124 Å². The minimum atomic E-state index is -3.24. The van der Waals surface area contributed by atoms with E-state index < -0.39 is 56.0 Å². The Labute approximate surface area is 301 Å². The predicted octanol–water partition coefficient (Wildman–Crippen LogP) is 5.96. The first-order valence-corrected chi connectivity index (χ1v) is 19.1. The lowest BCUT2D eigenvalue weighted by atomic mass is 9.98. The van der Waals surface area contributed by atoms with E-state index in [1.807, 2.05) is 91.0 Å². The van der Waals surface area contributed by atoms with Gasteiger partial charge in [-0.2, -0.15) is 0 Å². The lowest BCUT2D eigenvalue weighted by Gasteiger charge is -2.51. The Morgan fingerprint density at radius 3 is 1.67 bits per heavy atom. The summed E-state index contributed by atoms with van der Waals surface area (Å²) < 4.78 is 44.5. The van der Waals surface area contributed by atoms with E-state index in [2.05, 4.69) is 45.0 Å². The first kappa shape index (κ1) is 37.9.